The predicted octanol–water partition coefficient (Wildman–Crippen LogP) is 4.56. The van der Waals surface area contributed by atoms with Crippen molar-refractivity contribution in [3.63, 3.8) is 0 Å². The van der Waals surface area contributed by atoms with E-state index in [-0.39, 0.29) is 30.7 Å². The molecule has 184 valence electrons. The lowest BCUT2D eigenvalue weighted by Gasteiger charge is -2.21. The zero-order valence-corrected chi connectivity index (χ0v) is 20.2. The van der Waals surface area contributed by atoms with Gasteiger partial charge in [0.2, 0.25) is 0 Å². The molecule has 1 aromatic heterocycles. The first-order chi connectivity index (χ1) is 17.6. The van der Waals surface area contributed by atoms with Crippen molar-refractivity contribution in [1.82, 2.24) is 15.4 Å². The third-order valence-corrected chi connectivity index (χ3v) is 5.68. The third kappa shape index (κ3) is 7.30. The van der Waals surface area contributed by atoms with E-state index in [1.165, 1.54) is 0 Å². The Morgan fingerprint density at radius 2 is 1.61 bits per heavy atom. The minimum absolute atomic E-state index is 0.100. The molecule has 2 amide bonds. The Balaban J connectivity index is 1.38. The molecule has 0 aliphatic heterocycles. The van der Waals surface area contributed by atoms with Crippen molar-refractivity contribution in [2.24, 2.45) is 0 Å². The average Bonchev–Trinajstić information content (AvgIpc) is 3.39. The van der Waals surface area contributed by atoms with Gasteiger partial charge in [0.1, 0.15) is 5.75 Å². The molecule has 4 aromatic rings. The summed E-state index contributed by atoms with van der Waals surface area (Å²) in [5, 5.41) is 6.76. The number of para-hydroxylation sites is 1. The first-order valence-corrected chi connectivity index (χ1v) is 11.9. The molecule has 0 aliphatic rings. The van der Waals surface area contributed by atoms with Crippen LogP contribution in [0.15, 0.2) is 95.5 Å². The number of amides is 2. The predicted molar refractivity (Wildman–Crippen MR) is 136 cm³/mol. The summed E-state index contributed by atoms with van der Waals surface area (Å²) in [7, 11) is 0. The molecule has 7 heteroatoms. The van der Waals surface area contributed by atoms with Crippen LogP contribution in [0.3, 0.4) is 0 Å². The SMILES string of the molecule is Cc1ccc(CNC(=O)c2cc(CN(CCc3ccccc3)C(=O)COc3ccccc3)on2)cc1. The molecule has 0 bridgehead atoms. The van der Waals surface area contributed by atoms with E-state index in [1.54, 1.807) is 23.1 Å². The highest BCUT2D eigenvalue weighted by Gasteiger charge is 2.19. The van der Waals surface area contributed by atoms with Crippen molar-refractivity contribution in [2.75, 3.05) is 13.2 Å². The second-order valence-electron chi connectivity index (χ2n) is 8.50. The summed E-state index contributed by atoms with van der Waals surface area (Å²) in [4.78, 5) is 27.2. The van der Waals surface area contributed by atoms with Crippen LogP contribution >= 0.6 is 0 Å². The van der Waals surface area contributed by atoms with Crippen molar-refractivity contribution in [1.29, 1.82) is 0 Å². The van der Waals surface area contributed by atoms with Gasteiger partial charge >= 0.3 is 0 Å². The number of aryl methyl sites for hydroxylation is 1. The largest absolute Gasteiger partial charge is 0.484 e. The number of nitrogens with one attached hydrogen (secondary N) is 1. The van der Waals surface area contributed by atoms with E-state index in [0.717, 1.165) is 16.7 Å². The molecule has 0 radical (unpaired) electrons. The number of hydrogen-bond donors (Lipinski definition) is 1. The van der Waals surface area contributed by atoms with Crippen LogP contribution in [0.5, 0.6) is 5.75 Å². The highest BCUT2D eigenvalue weighted by molar-refractivity contribution is 5.92. The molecule has 4 rings (SSSR count). The van der Waals surface area contributed by atoms with Crippen LogP contribution in [0.2, 0.25) is 0 Å². The van der Waals surface area contributed by atoms with Gasteiger partial charge in [-0.2, -0.15) is 0 Å². The standard InChI is InChI=1S/C29H29N3O4/c1-22-12-14-24(15-13-22)19-30-29(34)27-18-26(36-31-27)20-32(17-16-23-8-4-2-5-9-23)28(33)21-35-25-10-6-3-7-11-25/h2-15,18H,16-17,19-21H2,1H3,(H,30,34). The number of carbonyl (C=O) groups is 2. The molecule has 0 unspecified atom stereocenters. The van der Waals surface area contributed by atoms with E-state index in [0.29, 0.717) is 31.0 Å². The average molecular weight is 484 g/mol. The van der Waals surface area contributed by atoms with Crippen LogP contribution in [0, 0.1) is 6.92 Å². The van der Waals surface area contributed by atoms with Gasteiger partial charge in [0, 0.05) is 19.2 Å². The van der Waals surface area contributed by atoms with Crippen molar-refractivity contribution in [3.05, 3.63) is 119 Å². The van der Waals surface area contributed by atoms with Crippen LogP contribution in [0.25, 0.3) is 0 Å². The van der Waals surface area contributed by atoms with Crippen molar-refractivity contribution in [3.8, 4) is 5.75 Å². The molecule has 0 spiro atoms. The van der Waals surface area contributed by atoms with E-state index < -0.39 is 0 Å². The second kappa shape index (κ2) is 12.4. The number of aromatic nitrogens is 1. The minimum atomic E-state index is -0.333. The zero-order chi connectivity index (χ0) is 25.2. The highest BCUT2D eigenvalue weighted by Crippen LogP contribution is 2.13. The Morgan fingerprint density at radius 3 is 2.33 bits per heavy atom. The van der Waals surface area contributed by atoms with Gasteiger partial charge in [0.15, 0.2) is 18.1 Å². The summed E-state index contributed by atoms with van der Waals surface area (Å²) in [6.45, 7) is 2.95. The van der Waals surface area contributed by atoms with Gasteiger partial charge in [0.25, 0.3) is 11.8 Å². The van der Waals surface area contributed by atoms with E-state index in [9.17, 15) is 9.59 Å². The second-order valence-corrected chi connectivity index (χ2v) is 8.50. The van der Waals surface area contributed by atoms with Crippen molar-refractivity contribution in [2.45, 2.75) is 26.4 Å². The van der Waals surface area contributed by atoms with Gasteiger partial charge in [-0.15, -0.1) is 0 Å². The van der Waals surface area contributed by atoms with Crippen LogP contribution in [-0.2, 0) is 24.3 Å². The first kappa shape index (κ1) is 24.7. The summed E-state index contributed by atoms with van der Waals surface area (Å²) in [6, 6.07) is 28.7. The summed E-state index contributed by atoms with van der Waals surface area (Å²) in [5.74, 6) is 0.536. The molecule has 0 atom stereocenters. The van der Waals surface area contributed by atoms with Gasteiger partial charge in [-0.1, -0.05) is 83.5 Å². The number of ether oxygens (including phenoxy) is 1. The Morgan fingerprint density at radius 1 is 0.917 bits per heavy atom. The lowest BCUT2D eigenvalue weighted by atomic mass is 10.1. The molecule has 0 saturated carbocycles. The number of benzene rings is 3. The lowest BCUT2D eigenvalue weighted by Crippen LogP contribution is -2.36. The Bertz CT molecular complexity index is 1250. The number of nitrogens with zero attached hydrogens (tertiary/aromatic N) is 2. The Labute approximate surface area is 210 Å². The van der Waals surface area contributed by atoms with Gasteiger partial charge in [-0.25, -0.2) is 0 Å². The molecular weight excluding hydrogens is 454 g/mol. The van der Waals surface area contributed by atoms with Crippen LogP contribution in [0.4, 0.5) is 0 Å². The van der Waals surface area contributed by atoms with E-state index >= 15 is 0 Å². The molecule has 1 heterocycles. The quantitative estimate of drug-likeness (QED) is 0.338. The number of carbonyl (C=O) groups excluding carboxylic acids is 2. The van der Waals surface area contributed by atoms with E-state index in [4.69, 9.17) is 9.26 Å². The fourth-order valence-electron chi connectivity index (χ4n) is 3.62. The van der Waals surface area contributed by atoms with Crippen LogP contribution in [0.1, 0.15) is 32.9 Å². The normalized spacial score (nSPS) is 10.6. The van der Waals surface area contributed by atoms with Crippen molar-refractivity contribution >= 4 is 11.8 Å². The van der Waals surface area contributed by atoms with Gasteiger partial charge in [-0.3, -0.25) is 9.59 Å². The van der Waals surface area contributed by atoms with Crippen LogP contribution in [-0.4, -0.2) is 35.0 Å². The fourth-order valence-corrected chi connectivity index (χ4v) is 3.62. The maximum Gasteiger partial charge on any atom is 0.273 e. The molecule has 36 heavy (non-hydrogen) atoms. The Kier molecular flexibility index (Phi) is 8.48. The molecule has 3 aromatic carbocycles. The van der Waals surface area contributed by atoms with Crippen LogP contribution < -0.4 is 10.1 Å². The summed E-state index contributed by atoms with van der Waals surface area (Å²) >= 11 is 0. The number of rotatable bonds is 11. The molecule has 0 saturated heterocycles. The maximum atomic E-state index is 13.0. The zero-order valence-electron chi connectivity index (χ0n) is 20.2. The third-order valence-electron chi connectivity index (χ3n) is 5.68. The smallest absolute Gasteiger partial charge is 0.273 e. The van der Waals surface area contributed by atoms with Crippen molar-refractivity contribution < 1.29 is 18.8 Å². The minimum Gasteiger partial charge on any atom is -0.484 e. The first-order valence-electron chi connectivity index (χ1n) is 11.9. The monoisotopic (exact) mass is 483 g/mol. The molecule has 7 nitrogen and oxygen atoms in total. The van der Waals surface area contributed by atoms with Gasteiger partial charge in [0.05, 0.1) is 6.54 Å². The summed E-state index contributed by atoms with van der Waals surface area (Å²) < 4.78 is 11.1. The topological polar surface area (TPSA) is 84.7 Å². The Hall–Kier alpha value is -4.39. The number of hydrogen-bond acceptors (Lipinski definition) is 5. The van der Waals surface area contributed by atoms with E-state index in [2.05, 4.69) is 10.5 Å². The summed E-state index contributed by atoms with van der Waals surface area (Å²) in [6.07, 6.45) is 0.677. The lowest BCUT2D eigenvalue weighted by molar-refractivity contribution is -0.134. The van der Waals surface area contributed by atoms with Gasteiger partial charge in [-0.05, 0) is 36.6 Å². The fraction of sp³-hybridized carbons (Fsp3) is 0.207. The van der Waals surface area contributed by atoms with E-state index in [1.807, 2.05) is 79.7 Å². The maximum absolute atomic E-state index is 13.0. The summed E-state index contributed by atoms with van der Waals surface area (Å²) in [5.41, 5.74) is 3.45. The molecule has 1 N–H and O–H groups in total. The molecule has 0 fully saturated rings. The van der Waals surface area contributed by atoms with Gasteiger partial charge < -0.3 is 19.5 Å². The highest BCUT2D eigenvalue weighted by atomic mass is 16.5. The molecular formula is C29H29N3O4. The molecule has 0 aliphatic carbocycles.